The van der Waals surface area contributed by atoms with Crippen LogP contribution in [0.3, 0.4) is 0 Å². The highest BCUT2D eigenvalue weighted by molar-refractivity contribution is 7.89. The summed E-state index contributed by atoms with van der Waals surface area (Å²) in [6.07, 6.45) is 0.356. The van der Waals surface area contributed by atoms with Gasteiger partial charge in [0.25, 0.3) is 0 Å². The predicted molar refractivity (Wildman–Crippen MR) is 49.0 cm³/mol. The third kappa shape index (κ3) is 4.84. The highest BCUT2D eigenvalue weighted by Gasteiger charge is 2.14. The van der Waals surface area contributed by atoms with Crippen molar-refractivity contribution in [3.05, 3.63) is 0 Å². The fourth-order valence-corrected chi connectivity index (χ4v) is 1.66. The second kappa shape index (κ2) is 5.18. The minimum Gasteiger partial charge on any atom is -0.481 e. The first-order chi connectivity index (χ1) is 5.90. The van der Waals surface area contributed by atoms with E-state index in [9.17, 15) is 13.2 Å². The van der Waals surface area contributed by atoms with Gasteiger partial charge in [-0.05, 0) is 13.3 Å². The summed E-state index contributed by atoms with van der Waals surface area (Å²) in [5, 5.41) is 8.32. The first-order valence-electron chi connectivity index (χ1n) is 4.06. The van der Waals surface area contributed by atoms with Gasteiger partial charge in [-0.1, -0.05) is 0 Å². The highest BCUT2D eigenvalue weighted by atomic mass is 32.2. The summed E-state index contributed by atoms with van der Waals surface area (Å²) in [6, 6.07) is 0. The van der Waals surface area contributed by atoms with Crippen LogP contribution in [-0.4, -0.2) is 43.1 Å². The average Bonchev–Trinajstić information content (AvgIpc) is 2.03. The van der Waals surface area contributed by atoms with Gasteiger partial charge in [0.2, 0.25) is 10.0 Å². The van der Waals surface area contributed by atoms with Crippen LogP contribution < -0.4 is 0 Å². The Kier molecular flexibility index (Phi) is 4.94. The molecule has 0 heterocycles. The second-order valence-corrected chi connectivity index (χ2v) is 5.08. The number of aliphatic carboxylic acids is 1. The molecular weight excluding hydrogens is 194 g/mol. The van der Waals surface area contributed by atoms with E-state index in [1.807, 2.05) is 0 Å². The Labute approximate surface area is 78.4 Å². The maximum Gasteiger partial charge on any atom is 0.303 e. The van der Waals surface area contributed by atoms with Gasteiger partial charge in [0, 0.05) is 20.0 Å². The zero-order valence-electron chi connectivity index (χ0n) is 7.86. The molecule has 0 fully saturated rings. The first-order valence-corrected chi connectivity index (χ1v) is 5.67. The summed E-state index contributed by atoms with van der Waals surface area (Å²) < 4.78 is 23.5. The summed E-state index contributed by atoms with van der Waals surface area (Å²) >= 11 is 0. The Bertz CT molecular complexity index is 260. The molecule has 0 saturated carbocycles. The molecule has 0 unspecified atom stereocenters. The van der Waals surface area contributed by atoms with Crippen molar-refractivity contribution < 1.29 is 18.3 Å². The van der Waals surface area contributed by atoms with Crippen LogP contribution in [0.15, 0.2) is 0 Å². The quantitative estimate of drug-likeness (QED) is 0.675. The number of hydrogen-bond acceptors (Lipinski definition) is 3. The van der Waals surface area contributed by atoms with E-state index >= 15 is 0 Å². The van der Waals surface area contributed by atoms with Crippen LogP contribution in [0.5, 0.6) is 0 Å². The van der Waals surface area contributed by atoms with Crippen molar-refractivity contribution >= 4 is 16.0 Å². The molecule has 0 aliphatic rings. The SMILES string of the molecule is CCS(=O)(=O)N(C)CCCC(=O)O. The number of nitrogens with zero attached hydrogens (tertiary/aromatic N) is 1. The van der Waals surface area contributed by atoms with E-state index in [4.69, 9.17) is 5.11 Å². The number of hydrogen-bond donors (Lipinski definition) is 1. The second-order valence-electron chi connectivity index (χ2n) is 2.72. The standard InChI is InChI=1S/C7H15NO4S/c1-3-13(11,12)8(2)6-4-5-7(9)10/h3-6H2,1-2H3,(H,9,10). The van der Waals surface area contributed by atoms with Gasteiger partial charge in [-0.25, -0.2) is 12.7 Å². The zero-order chi connectivity index (χ0) is 10.5. The molecule has 0 bridgehead atoms. The lowest BCUT2D eigenvalue weighted by atomic mass is 10.3. The number of sulfonamides is 1. The predicted octanol–water partition coefficient (Wildman–Crippen LogP) is 0.133. The van der Waals surface area contributed by atoms with Crippen molar-refractivity contribution in [3.8, 4) is 0 Å². The fraction of sp³-hybridized carbons (Fsp3) is 0.857. The molecule has 0 spiro atoms. The van der Waals surface area contributed by atoms with Crippen LogP contribution in [0.1, 0.15) is 19.8 Å². The lowest BCUT2D eigenvalue weighted by molar-refractivity contribution is -0.137. The molecule has 0 aromatic heterocycles. The van der Waals surface area contributed by atoms with E-state index in [0.717, 1.165) is 0 Å². The minimum absolute atomic E-state index is 0.00355. The van der Waals surface area contributed by atoms with Crippen molar-refractivity contribution in [2.75, 3.05) is 19.3 Å². The normalized spacial score (nSPS) is 11.9. The van der Waals surface area contributed by atoms with Crippen LogP contribution in [0.4, 0.5) is 0 Å². The molecule has 0 rings (SSSR count). The van der Waals surface area contributed by atoms with Gasteiger partial charge in [0.1, 0.15) is 0 Å². The molecule has 0 atom stereocenters. The molecule has 0 aromatic rings. The molecule has 0 aliphatic carbocycles. The average molecular weight is 209 g/mol. The van der Waals surface area contributed by atoms with E-state index in [1.54, 1.807) is 6.92 Å². The number of carboxylic acid groups (broad SMARTS) is 1. The minimum atomic E-state index is -3.16. The summed E-state index contributed by atoms with van der Waals surface area (Å²) in [6.45, 7) is 1.82. The zero-order valence-corrected chi connectivity index (χ0v) is 8.67. The molecule has 5 nitrogen and oxygen atoms in total. The van der Waals surface area contributed by atoms with Gasteiger partial charge in [0.05, 0.1) is 5.75 Å². The van der Waals surface area contributed by atoms with Crippen molar-refractivity contribution in [1.82, 2.24) is 4.31 Å². The van der Waals surface area contributed by atoms with Crippen LogP contribution in [0.25, 0.3) is 0 Å². The summed E-state index contributed by atoms with van der Waals surface area (Å²) in [5.74, 6) is -0.848. The van der Waals surface area contributed by atoms with Crippen LogP contribution in [0.2, 0.25) is 0 Å². The Morgan fingerprint density at radius 1 is 1.46 bits per heavy atom. The Morgan fingerprint density at radius 3 is 2.38 bits per heavy atom. The van der Waals surface area contributed by atoms with Crippen molar-refractivity contribution in [3.63, 3.8) is 0 Å². The lowest BCUT2D eigenvalue weighted by Crippen LogP contribution is -2.29. The highest BCUT2D eigenvalue weighted by Crippen LogP contribution is 2.00. The van der Waals surface area contributed by atoms with Gasteiger partial charge in [-0.2, -0.15) is 0 Å². The maximum absolute atomic E-state index is 11.2. The maximum atomic E-state index is 11.2. The monoisotopic (exact) mass is 209 g/mol. The Morgan fingerprint density at radius 2 is 2.00 bits per heavy atom. The third-order valence-electron chi connectivity index (χ3n) is 1.70. The molecule has 1 N–H and O–H groups in total. The van der Waals surface area contributed by atoms with Crippen molar-refractivity contribution in [1.29, 1.82) is 0 Å². The van der Waals surface area contributed by atoms with Crippen molar-refractivity contribution in [2.24, 2.45) is 0 Å². The van der Waals surface area contributed by atoms with Crippen LogP contribution in [0, 0.1) is 0 Å². The van der Waals surface area contributed by atoms with E-state index in [2.05, 4.69) is 0 Å². The smallest absolute Gasteiger partial charge is 0.303 e. The summed E-state index contributed by atoms with van der Waals surface area (Å²) in [4.78, 5) is 10.1. The molecular formula is C7H15NO4S. The molecule has 0 radical (unpaired) electrons. The van der Waals surface area contributed by atoms with Gasteiger partial charge >= 0.3 is 5.97 Å². The largest absolute Gasteiger partial charge is 0.481 e. The Hall–Kier alpha value is -0.620. The third-order valence-corrected chi connectivity index (χ3v) is 3.57. The van der Waals surface area contributed by atoms with Crippen molar-refractivity contribution in [2.45, 2.75) is 19.8 Å². The lowest BCUT2D eigenvalue weighted by Gasteiger charge is -2.14. The van der Waals surface area contributed by atoms with E-state index in [0.29, 0.717) is 6.42 Å². The molecule has 13 heavy (non-hydrogen) atoms. The van der Waals surface area contributed by atoms with Gasteiger partial charge in [-0.15, -0.1) is 0 Å². The molecule has 0 saturated heterocycles. The van der Waals surface area contributed by atoms with E-state index < -0.39 is 16.0 Å². The number of carboxylic acids is 1. The van der Waals surface area contributed by atoms with Gasteiger partial charge in [0.15, 0.2) is 0 Å². The Balaban J connectivity index is 3.88. The molecule has 78 valence electrons. The summed E-state index contributed by atoms with van der Waals surface area (Å²) in [7, 11) is -1.70. The van der Waals surface area contributed by atoms with Crippen LogP contribution >= 0.6 is 0 Å². The molecule has 0 amide bonds. The van der Waals surface area contributed by atoms with E-state index in [-0.39, 0.29) is 18.7 Å². The number of carbonyl (C=O) groups is 1. The topological polar surface area (TPSA) is 74.7 Å². The number of rotatable bonds is 6. The summed E-state index contributed by atoms with van der Waals surface area (Å²) in [5.41, 5.74) is 0. The molecule has 0 aromatic carbocycles. The van der Waals surface area contributed by atoms with Gasteiger partial charge < -0.3 is 5.11 Å². The molecule has 6 heteroatoms. The van der Waals surface area contributed by atoms with Gasteiger partial charge in [-0.3, -0.25) is 4.79 Å². The first kappa shape index (κ1) is 12.4. The van der Waals surface area contributed by atoms with E-state index in [1.165, 1.54) is 11.4 Å². The molecule has 0 aliphatic heterocycles. The van der Waals surface area contributed by atoms with Crippen LogP contribution in [-0.2, 0) is 14.8 Å². The fourth-order valence-electron chi connectivity index (χ4n) is 0.812.